The molecule has 3 aliphatic rings. The second-order valence-corrected chi connectivity index (χ2v) is 4.52. The zero-order valence-corrected chi connectivity index (χ0v) is 8.86. The van der Waals surface area contributed by atoms with Gasteiger partial charge in [-0.1, -0.05) is 0 Å². The zero-order chi connectivity index (χ0) is 9.38. The molecule has 3 aliphatic heterocycles. The first-order valence-electron chi connectivity index (χ1n) is 5.93. The van der Waals surface area contributed by atoms with E-state index in [-0.39, 0.29) is 0 Å². The first kappa shape index (κ1) is 9.09. The molecule has 0 aliphatic carbocycles. The van der Waals surface area contributed by atoms with Crippen LogP contribution in [-0.2, 0) is 0 Å². The van der Waals surface area contributed by atoms with Gasteiger partial charge in [-0.2, -0.15) is 0 Å². The molecule has 4 heteroatoms. The highest BCUT2D eigenvalue weighted by molar-refractivity contribution is 4.76. The Kier molecular flexibility index (Phi) is 2.45. The molecule has 0 amide bonds. The SMILES string of the molecule is C1CN2CCN3CCCN3CCN2C1. The topological polar surface area (TPSA) is 13.0 Å². The maximum atomic E-state index is 2.55. The Hall–Kier alpha value is -0.160. The summed E-state index contributed by atoms with van der Waals surface area (Å²) in [5.74, 6) is 0. The van der Waals surface area contributed by atoms with Crippen molar-refractivity contribution in [1.29, 1.82) is 0 Å². The quantitative estimate of drug-likeness (QED) is 0.534. The van der Waals surface area contributed by atoms with Crippen molar-refractivity contribution in [3.8, 4) is 0 Å². The molecule has 0 atom stereocenters. The van der Waals surface area contributed by atoms with Gasteiger partial charge in [-0.3, -0.25) is 0 Å². The van der Waals surface area contributed by atoms with E-state index in [0.29, 0.717) is 0 Å². The van der Waals surface area contributed by atoms with Crippen LogP contribution in [0.4, 0.5) is 0 Å². The van der Waals surface area contributed by atoms with Gasteiger partial charge in [0.15, 0.2) is 0 Å². The zero-order valence-electron chi connectivity index (χ0n) is 8.86. The van der Waals surface area contributed by atoms with Gasteiger partial charge >= 0.3 is 0 Å². The molecule has 0 saturated carbocycles. The highest BCUT2D eigenvalue weighted by Gasteiger charge is 2.29. The lowest BCUT2D eigenvalue weighted by Gasteiger charge is -2.37. The van der Waals surface area contributed by atoms with E-state index >= 15 is 0 Å². The van der Waals surface area contributed by atoms with Crippen LogP contribution in [0.3, 0.4) is 0 Å². The summed E-state index contributed by atoms with van der Waals surface area (Å²) in [5, 5.41) is 10.2. The average molecular weight is 196 g/mol. The van der Waals surface area contributed by atoms with Gasteiger partial charge in [0.1, 0.15) is 0 Å². The lowest BCUT2D eigenvalue weighted by molar-refractivity contribution is -0.0645. The molecular weight excluding hydrogens is 176 g/mol. The van der Waals surface area contributed by atoms with Gasteiger partial charge in [0.25, 0.3) is 0 Å². The van der Waals surface area contributed by atoms with Gasteiger partial charge in [0.2, 0.25) is 0 Å². The molecule has 3 saturated heterocycles. The number of nitrogens with zero attached hydrogens (tertiary/aromatic N) is 4. The molecule has 3 fully saturated rings. The van der Waals surface area contributed by atoms with Crippen molar-refractivity contribution in [2.45, 2.75) is 12.8 Å². The average Bonchev–Trinajstić information content (AvgIpc) is 2.75. The Morgan fingerprint density at radius 1 is 0.357 bits per heavy atom. The van der Waals surface area contributed by atoms with E-state index in [1.54, 1.807) is 0 Å². The van der Waals surface area contributed by atoms with Gasteiger partial charge in [0.05, 0.1) is 0 Å². The van der Waals surface area contributed by atoms with E-state index in [2.05, 4.69) is 20.0 Å². The molecule has 0 bridgehead atoms. The molecular formula is C10H20N4. The Balaban J connectivity index is 1.67. The number of hydrogen-bond donors (Lipinski definition) is 0. The van der Waals surface area contributed by atoms with Crippen LogP contribution < -0.4 is 0 Å². The van der Waals surface area contributed by atoms with Crippen molar-refractivity contribution in [2.75, 3.05) is 52.4 Å². The largest absolute Gasteiger partial charge is 0.240 e. The minimum atomic E-state index is 1.23. The Bertz CT molecular complexity index is 166. The first-order valence-corrected chi connectivity index (χ1v) is 5.93. The summed E-state index contributed by atoms with van der Waals surface area (Å²) in [6, 6.07) is 0. The van der Waals surface area contributed by atoms with E-state index in [4.69, 9.17) is 0 Å². The summed E-state index contributed by atoms with van der Waals surface area (Å²) in [6.45, 7) is 10.1. The van der Waals surface area contributed by atoms with Crippen molar-refractivity contribution >= 4 is 0 Å². The smallest absolute Gasteiger partial charge is 0.0275 e. The van der Waals surface area contributed by atoms with Crippen molar-refractivity contribution in [3.63, 3.8) is 0 Å². The first-order chi connectivity index (χ1) is 6.93. The molecule has 0 aromatic heterocycles. The Morgan fingerprint density at radius 2 is 0.643 bits per heavy atom. The third-order valence-corrected chi connectivity index (χ3v) is 3.70. The Morgan fingerprint density at radius 3 is 0.929 bits per heavy atom. The van der Waals surface area contributed by atoms with Crippen molar-refractivity contribution in [3.05, 3.63) is 0 Å². The lowest BCUT2D eigenvalue weighted by Crippen LogP contribution is -2.51. The maximum Gasteiger partial charge on any atom is 0.0275 e. The highest BCUT2D eigenvalue weighted by Crippen LogP contribution is 2.16. The summed E-state index contributed by atoms with van der Waals surface area (Å²) in [4.78, 5) is 0. The summed E-state index contributed by atoms with van der Waals surface area (Å²) in [5.41, 5.74) is 0. The third-order valence-electron chi connectivity index (χ3n) is 3.70. The van der Waals surface area contributed by atoms with Crippen LogP contribution in [0, 0.1) is 0 Å². The van der Waals surface area contributed by atoms with E-state index < -0.39 is 0 Å². The van der Waals surface area contributed by atoms with Crippen LogP contribution in [0.1, 0.15) is 12.8 Å². The van der Waals surface area contributed by atoms with Gasteiger partial charge in [0, 0.05) is 52.4 Å². The fraction of sp³-hybridized carbons (Fsp3) is 1.00. The van der Waals surface area contributed by atoms with Crippen molar-refractivity contribution in [1.82, 2.24) is 20.0 Å². The second-order valence-electron chi connectivity index (χ2n) is 4.52. The highest BCUT2D eigenvalue weighted by atomic mass is 15.7. The van der Waals surface area contributed by atoms with Crippen LogP contribution in [-0.4, -0.2) is 72.4 Å². The molecule has 0 N–H and O–H groups in total. The number of fused-ring (bicyclic) bond motifs is 2. The van der Waals surface area contributed by atoms with Gasteiger partial charge in [-0.05, 0) is 12.8 Å². The predicted octanol–water partition coefficient (Wildman–Crippen LogP) is -0.155. The lowest BCUT2D eigenvalue weighted by atomic mass is 10.4. The van der Waals surface area contributed by atoms with Crippen molar-refractivity contribution < 1.29 is 0 Å². The maximum absolute atomic E-state index is 2.55. The summed E-state index contributed by atoms with van der Waals surface area (Å²) >= 11 is 0. The molecule has 0 aromatic rings. The van der Waals surface area contributed by atoms with Crippen LogP contribution >= 0.6 is 0 Å². The minimum absolute atomic E-state index is 1.23. The summed E-state index contributed by atoms with van der Waals surface area (Å²) in [7, 11) is 0. The monoisotopic (exact) mass is 196 g/mol. The standard InChI is InChI=1S/C10H20N4/c1-3-11-7-9-13-5-2-6-14(13)10-8-12(11)4-1/h1-10H2. The van der Waals surface area contributed by atoms with Gasteiger partial charge in [-0.15, -0.1) is 0 Å². The molecule has 4 nitrogen and oxygen atoms in total. The van der Waals surface area contributed by atoms with Gasteiger partial charge in [-0.25, -0.2) is 20.0 Å². The molecule has 14 heavy (non-hydrogen) atoms. The number of rotatable bonds is 0. The molecule has 0 unspecified atom stereocenters. The van der Waals surface area contributed by atoms with E-state index in [0.717, 1.165) is 0 Å². The molecule has 0 aromatic carbocycles. The normalized spacial score (nSPS) is 32.6. The molecule has 0 spiro atoms. The van der Waals surface area contributed by atoms with Crippen LogP contribution in [0.2, 0.25) is 0 Å². The summed E-state index contributed by atoms with van der Waals surface area (Å²) in [6.07, 6.45) is 2.72. The Labute approximate surface area is 86.0 Å². The van der Waals surface area contributed by atoms with Crippen molar-refractivity contribution in [2.24, 2.45) is 0 Å². The van der Waals surface area contributed by atoms with E-state index in [1.165, 1.54) is 65.2 Å². The van der Waals surface area contributed by atoms with Crippen LogP contribution in [0.15, 0.2) is 0 Å². The molecule has 3 heterocycles. The van der Waals surface area contributed by atoms with Crippen LogP contribution in [0.25, 0.3) is 0 Å². The third kappa shape index (κ3) is 1.56. The number of hydrogen-bond acceptors (Lipinski definition) is 4. The van der Waals surface area contributed by atoms with Crippen LogP contribution in [0.5, 0.6) is 0 Å². The molecule has 0 radical (unpaired) electrons. The fourth-order valence-electron chi connectivity index (χ4n) is 2.91. The molecule has 80 valence electrons. The summed E-state index contributed by atoms with van der Waals surface area (Å²) < 4.78 is 0. The number of hydrazine groups is 2. The van der Waals surface area contributed by atoms with E-state index in [1.807, 2.05) is 0 Å². The second kappa shape index (κ2) is 3.77. The fourth-order valence-corrected chi connectivity index (χ4v) is 2.91. The predicted molar refractivity (Wildman–Crippen MR) is 55.5 cm³/mol. The molecule has 3 rings (SSSR count). The minimum Gasteiger partial charge on any atom is -0.240 e. The van der Waals surface area contributed by atoms with E-state index in [9.17, 15) is 0 Å². The van der Waals surface area contributed by atoms with Gasteiger partial charge < -0.3 is 0 Å².